The Balaban J connectivity index is 1.15. The van der Waals surface area contributed by atoms with E-state index in [1.807, 2.05) is 48.5 Å². The molecule has 0 amide bonds. The van der Waals surface area contributed by atoms with Crippen molar-refractivity contribution in [1.82, 2.24) is 25.2 Å². The van der Waals surface area contributed by atoms with Crippen molar-refractivity contribution in [3.8, 4) is 28.4 Å². The number of benzene rings is 2. The molecule has 6 aromatic rings. The Morgan fingerprint density at radius 1 is 1.00 bits per heavy atom. The summed E-state index contributed by atoms with van der Waals surface area (Å²) in [6.07, 6.45) is 5.00. The van der Waals surface area contributed by atoms with Crippen molar-refractivity contribution in [1.29, 1.82) is 0 Å². The lowest BCUT2D eigenvalue weighted by molar-refractivity contribution is -0.746. The second-order valence-corrected chi connectivity index (χ2v) is 8.27. The van der Waals surface area contributed by atoms with Crippen LogP contribution in [0.5, 0.6) is 5.75 Å². The van der Waals surface area contributed by atoms with E-state index in [2.05, 4.69) is 25.2 Å². The molecule has 10 heteroatoms. The highest BCUT2D eigenvalue weighted by molar-refractivity contribution is 5.77. The first-order valence-corrected chi connectivity index (χ1v) is 11.4. The highest BCUT2D eigenvalue weighted by atomic mass is 19.2. The quantitative estimate of drug-likeness (QED) is 0.317. The number of aromatic nitrogens is 6. The van der Waals surface area contributed by atoms with E-state index in [-0.39, 0.29) is 11.4 Å². The maximum absolute atomic E-state index is 14.2. The molecular weight excluding hydrogens is 478 g/mol. The van der Waals surface area contributed by atoms with Crippen LogP contribution in [0, 0.1) is 11.6 Å². The molecular formula is C27H19F2N6O2+. The molecule has 0 saturated heterocycles. The van der Waals surface area contributed by atoms with Gasteiger partial charge in [-0.25, -0.2) is 13.8 Å². The number of fused-ring (bicyclic) bond motifs is 1. The smallest absolute Gasteiger partial charge is 0.234 e. The van der Waals surface area contributed by atoms with E-state index in [0.29, 0.717) is 35.6 Å². The minimum Gasteiger partial charge on any atom is -0.487 e. The first-order chi connectivity index (χ1) is 18.1. The summed E-state index contributed by atoms with van der Waals surface area (Å²) in [6.45, 7) is 0.703. The minimum absolute atomic E-state index is 0.0516. The monoisotopic (exact) mass is 497 g/mol. The van der Waals surface area contributed by atoms with E-state index in [4.69, 9.17) is 9.26 Å². The fourth-order valence-electron chi connectivity index (χ4n) is 3.85. The molecule has 4 aromatic heterocycles. The lowest BCUT2D eigenvalue weighted by atomic mass is 10.1. The number of rotatable bonds is 7. The Hall–Kier alpha value is -4.99. The van der Waals surface area contributed by atoms with Gasteiger partial charge in [0.15, 0.2) is 11.6 Å². The molecule has 37 heavy (non-hydrogen) atoms. The highest BCUT2D eigenvalue weighted by Crippen LogP contribution is 2.25. The van der Waals surface area contributed by atoms with Gasteiger partial charge in [-0.05, 0) is 53.6 Å². The maximum atomic E-state index is 14.2. The van der Waals surface area contributed by atoms with Gasteiger partial charge in [0.1, 0.15) is 41.1 Å². The number of nitrogens with zero attached hydrogens (tertiary/aromatic N) is 5. The molecule has 1 N–H and O–H groups in total. The van der Waals surface area contributed by atoms with Crippen LogP contribution in [0.15, 0.2) is 89.8 Å². The molecule has 0 aliphatic carbocycles. The summed E-state index contributed by atoms with van der Waals surface area (Å²) in [5, 5.41) is 8.51. The Kier molecular flexibility index (Phi) is 5.81. The number of H-pyrrole nitrogens is 1. The van der Waals surface area contributed by atoms with Crippen LogP contribution >= 0.6 is 0 Å². The average Bonchev–Trinajstić information content (AvgIpc) is 3.57. The zero-order valence-electron chi connectivity index (χ0n) is 19.3. The molecule has 0 spiro atoms. The third kappa shape index (κ3) is 4.76. The summed E-state index contributed by atoms with van der Waals surface area (Å²) in [6, 6.07) is 19.0. The van der Waals surface area contributed by atoms with E-state index in [1.165, 1.54) is 12.1 Å². The molecule has 182 valence electrons. The van der Waals surface area contributed by atoms with E-state index >= 15 is 0 Å². The molecule has 8 nitrogen and oxygen atoms in total. The van der Waals surface area contributed by atoms with Gasteiger partial charge < -0.3 is 14.2 Å². The Bertz CT molecular complexity index is 1680. The van der Waals surface area contributed by atoms with Gasteiger partial charge in [-0.15, -0.1) is 0 Å². The Morgan fingerprint density at radius 2 is 1.89 bits per heavy atom. The van der Waals surface area contributed by atoms with Gasteiger partial charge in [-0.1, -0.05) is 22.0 Å². The van der Waals surface area contributed by atoms with Gasteiger partial charge in [0, 0.05) is 17.8 Å². The largest absolute Gasteiger partial charge is 0.487 e. The Labute approximate surface area is 209 Å². The van der Waals surface area contributed by atoms with Crippen LogP contribution in [0.2, 0.25) is 0 Å². The van der Waals surface area contributed by atoms with Gasteiger partial charge in [0.05, 0.1) is 11.3 Å². The summed E-state index contributed by atoms with van der Waals surface area (Å²) >= 11 is 0. The van der Waals surface area contributed by atoms with Crippen molar-refractivity contribution in [2.24, 2.45) is 0 Å². The second kappa shape index (κ2) is 9.57. The second-order valence-electron chi connectivity index (χ2n) is 8.27. The van der Waals surface area contributed by atoms with Crippen molar-refractivity contribution in [2.45, 2.75) is 13.2 Å². The molecule has 0 fully saturated rings. The number of nitrogens with one attached hydrogen (secondary N) is 1. The summed E-state index contributed by atoms with van der Waals surface area (Å²) in [7, 11) is 0. The zero-order chi connectivity index (χ0) is 25.2. The van der Waals surface area contributed by atoms with Gasteiger partial charge in [0.25, 0.3) is 0 Å². The number of hydrogen-bond acceptors (Lipinski definition) is 6. The Morgan fingerprint density at radius 3 is 2.73 bits per heavy atom. The first-order valence-electron chi connectivity index (χ1n) is 11.4. The van der Waals surface area contributed by atoms with Crippen LogP contribution < -0.4 is 9.42 Å². The summed E-state index contributed by atoms with van der Waals surface area (Å²) < 4.78 is 40.7. The minimum atomic E-state index is -0.954. The van der Waals surface area contributed by atoms with Crippen LogP contribution in [0.3, 0.4) is 0 Å². The van der Waals surface area contributed by atoms with Crippen molar-refractivity contribution < 1.29 is 22.7 Å². The van der Waals surface area contributed by atoms with E-state index in [0.717, 1.165) is 23.1 Å². The summed E-state index contributed by atoms with van der Waals surface area (Å²) in [5.41, 5.74) is 3.61. The fraction of sp³-hybridized carbons (Fsp3) is 0.0741. The van der Waals surface area contributed by atoms with Gasteiger partial charge >= 0.3 is 0 Å². The SMILES string of the molecule is Fc1cccc(-c2nc3cn[n+](Cc4cc(-c5ccc(OCc6ccccn6)cc5)no4)cc3[nH]2)c1F. The number of hydrogen-bond donors (Lipinski definition) is 1. The average molecular weight is 497 g/mol. The molecule has 0 saturated carbocycles. The molecule has 2 aromatic carbocycles. The van der Waals surface area contributed by atoms with Crippen molar-refractivity contribution >= 4 is 11.0 Å². The lowest BCUT2D eigenvalue weighted by Crippen LogP contribution is -2.37. The molecule has 0 bridgehead atoms. The summed E-state index contributed by atoms with van der Waals surface area (Å²) in [4.78, 5) is 11.6. The van der Waals surface area contributed by atoms with Gasteiger partial charge in [-0.2, -0.15) is 0 Å². The van der Waals surface area contributed by atoms with Crippen LogP contribution in [-0.2, 0) is 13.2 Å². The lowest BCUT2D eigenvalue weighted by Gasteiger charge is -2.05. The van der Waals surface area contributed by atoms with E-state index in [1.54, 1.807) is 23.3 Å². The van der Waals surface area contributed by atoms with Gasteiger partial charge in [0.2, 0.25) is 18.5 Å². The maximum Gasteiger partial charge on any atom is 0.234 e. The number of pyridine rings is 1. The number of ether oxygens (including phenoxy) is 1. The fourth-order valence-corrected chi connectivity index (χ4v) is 3.85. The van der Waals surface area contributed by atoms with Crippen LogP contribution in [0.4, 0.5) is 8.78 Å². The topological polar surface area (TPSA) is 93.6 Å². The van der Waals surface area contributed by atoms with Crippen LogP contribution in [0.25, 0.3) is 33.7 Å². The van der Waals surface area contributed by atoms with Crippen molar-refractivity contribution in [2.75, 3.05) is 0 Å². The molecule has 0 radical (unpaired) electrons. The molecule has 0 unspecified atom stereocenters. The highest BCUT2D eigenvalue weighted by Gasteiger charge is 2.17. The number of imidazole rings is 1. The van der Waals surface area contributed by atoms with Crippen molar-refractivity contribution in [3.63, 3.8) is 0 Å². The van der Waals surface area contributed by atoms with Gasteiger partial charge in [-0.3, -0.25) is 4.98 Å². The van der Waals surface area contributed by atoms with E-state index < -0.39 is 11.6 Å². The number of aromatic amines is 1. The number of halogens is 2. The molecule has 0 aliphatic heterocycles. The third-order valence-corrected chi connectivity index (χ3v) is 5.71. The van der Waals surface area contributed by atoms with Crippen LogP contribution in [-0.4, -0.2) is 25.2 Å². The summed E-state index contributed by atoms with van der Waals surface area (Å²) in [5.74, 6) is -0.342. The third-order valence-electron chi connectivity index (χ3n) is 5.71. The van der Waals surface area contributed by atoms with Crippen molar-refractivity contribution in [3.05, 3.63) is 108 Å². The zero-order valence-corrected chi connectivity index (χ0v) is 19.3. The molecule has 0 aliphatic rings. The predicted molar refractivity (Wildman–Crippen MR) is 129 cm³/mol. The standard InChI is InChI=1S/C27H18F2N6O2/c28-22-6-3-5-21(26(22)29)27-32-24-13-31-35(15-25(24)33-27)14-20-12-23(34-37-20)17-7-9-19(10-8-17)36-16-18-4-1-2-11-30-18/h1-13,15H,14,16H2/p+1. The molecule has 6 rings (SSSR count). The first kappa shape index (κ1) is 22.5. The normalized spacial score (nSPS) is 11.2. The molecule has 0 atom stereocenters. The van der Waals surface area contributed by atoms with E-state index in [9.17, 15) is 8.78 Å². The van der Waals surface area contributed by atoms with Crippen LogP contribution in [0.1, 0.15) is 11.5 Å². The predicted octanol–water partition coefficient (Wildman–Crippen LogP) is 4.87. The molecule has 4 heterocycles.